The van der Waals surface area contributed by atoms with Crippen molar-refractivity contribution in [2.75, 3.05) is 18.1 Å². The largest absolute Gasteiger partial charge is 0.351 e. The number of urea groups is 1. The number of amides is 4. The van der Waals surface area contributed by atoms with Crippen molar-refractivity contribution in [1.82, 2.24) is 15.5 Å². The second-order valence-electron chi connectivity index (χ2n) is 7.40. The number of hydrogen-bond donors (Lipinski definition) is 2. The Morgan fingerprint density at radius 2 is 2.07 bits per heavy atom. The molecule has 144 valence electrons. The number of carbonyl (C=O) groups excluding carboxylic acids is 3. The van der Waals surface area contributed by atoms with Gasteiger partial charge in [0.1, 0.15) is 12.1 Å². The standard InChI is InChI=1S/C18H21N3O5S/c22-15(19-13-7-9-27(25,26)11-13)10-21-16(23)18(20-17(21)24)8-3-5-12-4-1-2-6-14(12)18/h1-2,4,6,13H,3,5,7-11H2,(H,19,22)(H,20,24)/t13-,18+/m1/s1. The number of fused-ring (bicyclic) bond motifs is 2. The zero-order valence-corrected chi connectivity index (χ0v) is 15.5. The lowest BCUT2D eigenvalue weighted by atomic mass is 9.76. The van der Waals surface area contributed by atoms with Gasteiger partial charge in [0.05, 0.1) is 11.5 Å². The van der Waals surface area contributed by atoms with Crippen LogP contribution < -0.4 is 10.6 Å². The van der Waals surface area contributed by atoms with E-state index in [0.717, 1.165) is 28.9 Å². The molecule has 2 atom stereocenters. The van der Waals surface area contributed by atoms with E-state index in [1.807, 2.05) is 24.3 Å². The smallest absolute Gasteiger partial charge is 0.325 e. The highest BCUT2D eigenvalue weighted by Crippen LogP contribution is 2.39. The van der Waals surface area contributed by atoms with E-state index in [-0.39, 0.29) is 11.5 Å². The third kappa shape index (κ3) is 3.09. The molecule has 1 spiro atoms. The molecule has 27 heavy (non-hydrogen) atoms. The van der Waals surface area contributed by atoms with Gasteiger partial charge in [0.2, 0.25) is 5.91 Å². The molecule has 0 aromatic heterocycles. The van der Waals surface area contributed by atoms with Crippen LogP contribution in [-0.2, 0) is 31.4 Å². The van der Waals surface area contributed by atoms with Crippen molar-refractivity contribution in [1.29, 1.82) is 0 Å². The lowest BCUT2D eigenvalue weighted by Crippen LogP contribution is -2.48. The van der Waals surface area contributed by atoms with E-state index in [1.54, 1.807) is 0 Å². The van der Waals surface area contributed by atoms with Gasteiger partial charge in [0.15, 0.2) is 9.84 Å². The van der Waals surface area contributed by atoms with Crippen molar-refractivity contribution in [2.45, 2.75) is 37.3 Å². The van der Waals surface area contributed by atoms with Crippen LogP contribution in [0.5, 0.6) is 0 Å². The van der Waals surface area contributed by atoms with E-state index in [2.05, 4.69) is 10.6 Å². The molecule has 8 nitrogen and oxygen atoms in total. The minimum absolute atomic E-state index is 0.0426. The number of benzene rings is 1. The number of hydrogen-bond acceptors (Lipinski definition) is 5. The number of carbonyl (C=O) groups is 3. The van der Waals surface area contributed by atoms with Crippen LogP contribution in [0.2, 0.25) is 0 Å². The van der Waals surface area contributed by atoms with Crippen molar-refractivity contribution < 1.29 is 22.8 Å². The van der Waals surface area contributed by atoms with Crippen molar-refractivity contribution in [2.24, 2.45) is 0 Å². The van der Waals surface area contributed by atoms with Gasteiger partial charge in [-0.2, -0.15) is 0 Å². The van der Waals surface area contributed by atoms with E-state index in [4.69, 9.17) is 0 Å². The van der Waals surface area contributed by atoms with Gasteiger partial charge < -0.3 is 10.6 Å². The molecule has 1 aromatic carbocycles. The Bertz CT molecular complexity index is 929. The van der Waals surface area contributed by atoms with Crippen LogP contribution >= 0.6 is 0 Å². The zero-order chi connectivity index (χ0) is 19.2. The summed E-state index contributed by atoms with van der Waals surface area (Å²) in [6.07, 6.45) is 2.46. The molecule has 0 bridgehead atoms. The Morgan fingerprint density at radius 3 is 2.81 bits per heavy atom. The summed E-state index contributed by atoms with van der Waals surface area (Å²) in [4.78, 5) is 38.8. The molecule has 9 heteroatoms. The topological polar surface area (TPSA) is 113 Å². The average molecular weight is 391 g/mol. The van der Waals surface area contributed by atoms with Crippen LogP contribution in [0.15, 0.2) is 24.3 Å². The number of nitrogens with zero attached hydrogens (tertiary/aromatic N) is 1. The summed E-state index contributed by atoms with van der Waals surface area (Å²) < 4.78 is 23.0. The van der Waals surface area contributed by atoms with Crippen molar-refractivity contribution >= 4 is 27.7 Å². The first-order chi connectivity index (χ1) is 12.8. The van der Waals surface area contributed by atoms with E-state index in [0.29, 0.717) is 12.8 Å². The Morgan fingerprint density at radius 1 is 1.30 bits per heavy atom. The molecule has 0 unspecified atom stereocenters. The fraction of sp³-hybridized carbons (Fsp3) is 0.500. The summed E-state index contributed by atoms with van der Waals surface area (Å²) in [5, 5.41) is 5.42. The van der Waals surface area contributed by atoms with Crippen molar-refractivity contribution in [3.8, 4) is 0 Å². The predicted octanol–water partition coefficient (Wildman–Crippen LogP) is 0.0733. The number of rotatable bonds is 3. The van der Waals surface area contributed by atoms with Gasteiger partial charge in [-0.1, -0.05) is 24.3 Å². The summed E-state index contributed by atoms with van der Waals surface area (Å²) in [6, 6.07) is 6.48. The summed E-state index contributed by atoms with van der Waals surface area (Å²) in [5.74, 6) is -1.01. The van der Waals surface area contributed by atoms with Gasteiger partial charge in [0, 0.05) is 6.04 Å². The predicted molar refractivity (Wildman–Crippen MR) is 96.5 cm³/mol. The van der Waals surface area contributed by atoms with E-state index in [1.165, 1.54) is 0 Å². The summed E-state index contributed by atoms with van der Waals surface area (Å²) in [7, 11) is -3.12. The maximum absolute atomic E-state index is 13.1. The molecule has 4 rings (SSSR count). The highest BCUT2D eigenvalue weighted by molar-refractivity contribution is 7.91. The molecule has 2 aliphatic heterocycles. The molecule has 3 aliphatic rings. The Labute approximate surface area is 157 Å². The number of nitrogens with one attached hydrogen (secondary N) is 2. The Kier molecular flexibility index (Phi) is 4.21. The molecule has 4 amide bonds. The summed E-state index contributed by atoms with van der Waals surface area (Å²) >= 11 is 0. The Balaban J connectivity index is 1.50. The van der Waals surface area contributed by atoms with Crippen molar-refractivity contribution in [3.05, 3.63) is 35.4 Å². The van der Waals surface area contributed by atoms with Gasteiger partial charge in [-0.3, -0.25) is 14.5 Å². The molecule has 2 N–H and O–H groups in total. The normalized spacial score (nSPS) is 28.9. The van der Waals surface area contributed by atoms with E-state index >= 15 is 0 Å². The highest BCUT2D eigenvalue weighted by atomic mass is 32.2. The minimum Gasteiger partial charge on any atom is -0.351 e. The fourth-order valence-corrected chi connectivity index (χ4v) is 5.95. The number of imide groups is 1. The van der Waals surface area contributed by atoms with Crippen LogP contribution in [0.25, 0.3) is 0 Å². The van der Waals surface area contributed by atoms with Crippen LogP contribution in [0.3, 0.4) is 0 Å². The van der Waals surface area contributed by atoms with Crippen molar-refractivity contribution in [3.63, 3.8) is 0 Å². The third-order valence-electron chi connectivity index (χ3n) is 5.55. The SMILES string of the molecule is O=C(CN1C(=O)N[C@]2(CCCc3ccccc32)C1=O)N[C@@H]1CCS(=O)(=O)C1. The van der Waals surface area contributed by atoms with Crippen LogP contribution in [0.4, 0.5) is 4.79 Å². The maximum atomic E-state index is 13.1. The zero-order valence-electron chi connectivity index (χ0n) is 14.7. The summed E-state index contributed by atoms with van der Waals surface area (Å²) in [6.45, 7) is -0.412. The van der Waals surface area contributed by atoms with Gasteiger partial charge in [0.25, 0.3) is 5.91 Å². The minimum atomic E-state index is -3.12. The third-order valence-corrected chi connectivity index (χ3v) is 7.32. The molecule has 1 aromatic rings. The molecule has 1 aliphatic carbocycles. The lowest BCUT2D eigenvalue weighted by molar-refractivity contribution is -0.135. The Hall–Kier alpha value is -2.42. The van der Waals surface area contributed by atoms with Gasteiger partial charge in [-0.15, -0.1) is 0 Å². The average Bonchev–Trinajstić information content (AvgIpc) is 3.07. The maximum Gasteiger partial charge on any atom is 0.325 e. The number of sulfone groups is 1. The molecular weight excluding hydrogens is 370 g/mol. The quantitative estimate of drug-likeness (QED) is 0.708. The van der Waals surface area contributed by atoms with Gasteiger partial charge in [-0.05, 0) is 36.8 Å². The second-order valence-corrected chi connectivity index (χ2v) is 9.63. The van der Waals surface area contributed by atoms with Crippen LogP contribution in [0.1, 0.15) is 30.4 Å². The first kappa shape index (κ1) is 18.0. The van der Waals surface area contributed by atoms with Gasteiger partial charge in [-0.25, -0.2) is 13.2 Å². The monoisotopic (exact) mass is 391 g/mol. The van der Waals surface area contributed by atoms with E-state index in [9.17, 15) is 22.8 Å². The van der Waals surface area contributed by atoms with Gasteiger partial charge >= 0.3 is 6.03 Å². The molecule has 2 saturated heterocycles. The first-order valence-electron chi connectivity index (χ1n) is 9.03. The van der Waals surface area contributed by atoms with E-state index < -0.39 is 45.8 Å². The lowest BCUT2D eigenvalue weighted by Gasteiger charge is -2.33. The second kappa shape index (κ2) is 6.33. The fourth-order valence-electron chi connectivity index (χ4n) is 4.28. The highest BCUT2D eigenvalue weighted by Gasteiger charge is 2.54. The van der Waals surface area contributed by atoms with Crippen LogP contribution in [0, 0.1) is 0 Å². The molecule has 0 saturated carbocycles. The molecule has 2 heterocycles. The summed E-state index contributed by atoms with van der Waals surface area (Å²) in [5.41, 5.74) is 0.711. The molecular formula is C18H21N3O5S. The van der Waals surface area contributed by atoms with Crippen LogP contribution in [-0.4, -0.2) is 55.3 Å². The number of aryl methyl sites for hydroxylation is 1. The first-order valence-corrected chi connectivity index (χ1v) is 10.9. The molecule has 2 fully saturated rings. The molecule has 0 radical (unpaired) electrons.